The van der Waals surface area contributed by atoms with Crippen molar-refractivity contribution in [1.29, 1.82) is 0 Å². The number of rotatable bonds is 6. The Morgan fingerprint density at radius 1 is 1.15 bits per heavy atom. The summed E-state index contributed by atoms with van der Waals surface area (Å²) in [6.07, 6.45) is 1.46. The molecule has 2 amide bonds. The highest BCUT2D eigenvalue weighted by Gasteiger charge is 2.23. The number of anilines is 2. The smallest absolute Gasteiger partial charge is 0.239 e. The van der Waals surface area contributed by atoms with Gasteiger partial charge in [-0.1, -0.05) is 30.3 Å². The number of benzene rings is 2. The first-order chi connectivity index (χ1) is 13.0. The minimum atomic E-state index is -0.0803. The van der Waals surface area contributed by atoms with Crippen molar-refractivity contribution in [3.05, 3.63) is 59.2 Å². The van der Waals surface area contributed by atoms with E-state index in [0.717, 1.165) is 29.9 Å². The average molecular weight is 365 g/mol. The zero-order valence-corrected chi connectivity index (χ0v) is 16.2. The van der Waals surface area contributed by atoms with Gasteiger partial charge in [0.1, 0.15) is 0 Å². The summed E-state index contributed by atoms with van der Waals surface area (Å²) < 4.78 is 0. The van der Waals surface area contributed by atoms with Crippen LogP contribution in [-0.4, -0.2) is 24.9 Å². The molecule has 5 heteroatoms. The van der Waals surface area contributed by atoms with Gasteiger partial charge in [0, 0.05) is 13.0 Å². The van der Waals surface area contributed by atoms with Crippen LogP contribution in [0.3, 0.4) is 0 Å². The van der Waals surface area contributed by atoms with Crippen LogP contribution >= 0.6 is 0 Å². The molecule has 5 nitrogen and oxygen atoms in total. The molecular weight excluding hydrogens is 338 g/mol. The molecular formula is C22H27N3O2. The molecule has 0 radical (unpaired) electrons. The van der Waals surface area contributed by atoms with Crippen LogP contribution in [0, 0.1) is 13.8 Å². The molecule has 1 saturated heterocycles. The number of hydrogen-bond donors (Lipinski definition) is 2. The van der Waals surface area contributed by atoms with Gasteiger partial charge in [-0.05, 0) is 56.0 Å². The van der Waals surface area contributed by atoms with Gasteiger partial charge in [-0.2, -0.15) is 0 Å². The van der Waals surface area contributed by atoms with Gasteiger partial charge >= 0.3 is 0 Å². The second-order valence-electron chi connectivity index (χ2n) is 7.15. The Morgan fingerprint density at radius 2 is 1.93 bits per heavy atom. The summed E-state index contributed by atoms with van der Waals surface area (Å²) in [6, 6.07) is 13.8. The minimum Gasteiger partial charge on any atom is -0.374 e. The molecule has 0 aromatic heterocycles. The van der Waals surface area contributed by atoms with Crippen LogP contribution in [0.25, 0.3) is 0 Å². The van der Waals surface area contributed by atoms with Gasteiger partial charge in [0.25, 0.3) is 0 Å². The zero-order valence-electron chi connectivity index (χ0n) is 16.2. The first-order valence-corrected chi connectivity index (χ1v) is 9.45. The van der Waals surface area contributed by atoms with E-state index in [0.29, 0.717) is 6.42 Å². The molecule has 1 unspecified atom stereocenters. The molecule has 2 N–H and O–H groups in total. The summed E-state index contributed by atoms with van der Waals surface area (Å²) in [6.45, 7) is 7.03. The molecule has 1 aliphatic heterocycles. The van der Waals surface area contributed by atoms with Crippen LogP contribution < -0.4 is 15.5 Å². The van der Waals surface area contributed by atoms with Gasteiger partial charge < -0.3 is 15.5 Å². The van der Waals surface area contributed by atoms with E-state index in [-0.39, 0.29) is 24.4 Å². The summed E-state index contributed by atoms with van der Waals surface area (Å²) in [7, 11) is 0. The van der Waals surface area contributed by atoms with Crippen LogP contribution in [0.4, 0.5) is 11.4 Å². The van der Waals surface area contributed by atoms with Crippen LogP contribution in [0.1, 0.15) is 42.5 Å². The Bertz CT molecular complexity index is 847. The van der Waals surface area contributed by atoms with Crippen molar-refractivity contribution in [2.24, 2.45) is 0 Å². The van der Waals surface area contributed by atoms with Gasteiger partial charge in [0.05, 0.1) is 24.0 Å². The molecule has 0 bridgehead atoms. The highest BCUT2D eigenvalue weighted by Crippen LogP contribution is 2.29. The first kappa shape index (κ1) is 19.0. The van der Waals surface area contributed by atoms with Gasteiger partial charge in [-0.3, -0.25) is 9.59 Å². The van der Waals surface area contributed by atoms with Crippen molar-refractivity contribution < 1.29 is 9.59 Å². The Kier molecular flexibility index (Phi) is 5.79. The van der Waals surface area contributed by atoms with Gasteiger partial charge in [0.2, 0.25) is 11.8 Å². The van der Waals surface area contributed by atoms with Gasteiger partial charge in [-0.15, -0.1) is 0 Å². The van der Waals surface area contributed by atoms with E-state index >= 15 is 0 Å². The summed E-state index contributed by atoms with van der Waals surface area (Å²) >= 11 is 0. The van der Waals surface area contributed by atoms with Crippen molar-refractivity contribution in [3.8, 4) is 0 Å². The normalized spacial score (nSPS) is 14.9. The largest absolute Gasteiger partial charge is 0.374 e. The van der Waals surface area contributed by atoms with Crippen molar-refractivity contribution in [2.45, 2.75) is 39.7 Å². The van der Waals surface area contributed by atoms with E-state index in [1.165, 1.54) is 11.1 Å². The molecule has 27 heavy (non-hydrogen) atoms. The highest BCUT2D eigenvalue weighted by atomic mass is 16.2. The average Bonchev–Trinajstić information content (AvgIpc) is 3.08. The molecule has 3 rings (SSSR count). The minimum absolute atomic E-state index is 0.0611. The fourth-order valence-electron chi connectivity index (χ4n) is 3.35. The van der Waals surface area contributed by atoms with E-state index in [2.05, 4.69) is 42.7 Å². The van der Waals surface area contributed by atoms with Crippen LogP contribution in [0.2, 0.25) is 0 Å². The lowest BCUT2D eigenvalue weighted by atomic mass is 10.0. The molecule has 1 aliphatic rings. The lowest BCUT2D eigenvalue weighted by molar-refractivity contribution is -0.120. The SMILES string of the molecule is Cc1ccc(C(C)NC(=O)CNc2ccccc2N2CCCC2=O)cc1C. The Balaban J connectivity index is 1.61. The number of nitrogens with zero attached hydrogens (tertiary/aromatic N) is 1. The highest BCUT2D eigenvalue weighted by molar-refractivity contribution is 5.98. The summed E-state index contributed by atoms with van der Waals surface area (Å²) in [5.74, 6) is 0.0559. The number of carbonyl (C=O) groups is 2. The quantitative estimate of drug-likeness (QED) is 0.820. The third-order valence-electron chi connectivity index (χ3n) is 5.12. The van der Waals surface area contributed by atoms with Crippen LogP contribution in [0.5, 0.6) is 0 Å². The lowest BCUT2D eigenvalue weighted by Gasteiger charge is -2.21. The molecule has 0 spiro atoms. The monoisotopic (exact) mass is 365 g/mol. The molecule has 1 heterocycles. The van der Waals surface area contributed by atoms with E-state index in [4.69, 9.17) is 0 Å². The standard InChI is InChI=1S/C22H27N3O2/c1-15-10-11-18(13-16(15)2)17(3)24-21(26)14-23-19-7-4-5-8-20(19)25-12-6-9-22(25)27/h4-5,7-8,10-11,13,17,23H,6,9,12,14H2,1-3H3,(H,24,26). The zero-order chi connectivity index (χ0) is 19.4. The van der Waals surface area contributed by atoms with E-state index in [1.54, 1.807) is 4.90 Å². The molecule has 1 atom stereocenters. The summed E-state index contributed by atoms with van der Waals surface area (Å²) in [5, 5.41) is 6.21. The maximum atomic E-state index is 12.4. The van der Waals surface area contributed by atoms with Crippen molar-refractivity contribution in [3.63, 3.8) is 0 Å². The van der Waals surface area contributed by atoms with E-state index < -0.39 is 0 Å². The summed E-state index contributed by atoms with van der Waals surface area (Å²) in [5.41, 5.74) is 5.20. The number of nitrogens with one attached hydrogen (secondary N) is 2. The van der Waals surface area contributed by atoms with Crippen molar-refractivity contribution >= 4 is 23.2 Å². The molecule has 2 aromatic carbocycles. The predicted octanol–water partition coefficient (Wildman–Crippen LogP) is 3.72. The fraction of sp³-hybridized carbons (Fsp3) is 0.364. The van der Waals surface area contributed by atoms with E-state index in [1.807, 2.05) is 31.2 Å². The number of carbonyl (C=O) groups excluding carboxylic acids is 2. The Morgan fingerprint density at radius 3 is 2.63 bits per heavy atom. The number of amides is 2. The predicted molar refractivity (Wildman–Crippen MR) is 109 cm³/mol. The number of hydrogen-bond acceptors (Lipinski definition) is 3. The Labute approximate surface area is 160 Å². The second-order valence-corrected chi connectivity index (χ2v) is 7.15. The van der Waals surface area contributed by atoms with Crippen LogP contribution in [0.15, 0.2) is 42.5 Å². The van der Waals surface area contributed by atoms with Gasteiger partial charge in [0.15, 0.2) is 0 Å². The summed E-state index contributed by atoms with van der Waals surface area (Å²) in [4.78, 5) is 26.2. The fourth-order valence-corrected chi connectivity index (χ4v) is 3.35. The molecule has 0 saturated carbocycles. The van der Waals surface area contributed by atoms with E-state index in [9.17, 15) is 9.59 Å². The maximum Gasteiger partial charge on any atom is 0.239 e. The Hall–Kier alpha value is -2.82. The topological polar surface area (TPSA) is 61.4 Å². The van der Waals surface area contributed by atoms with Gasteiger partial charge in [-0.25, -0.2) is 0 Å². The molecule has 142 valence electrons. The van der Waals surface area contributed by atoms with Crippen LogP contribution in [-0.2, 0) is 9.59 Å². The molecule has 1 fully saturated rings. The third-order valence-corrected chi connectivity index (χ3v) is 5.12. The van der Waals surface area contributed by atoms with Crippen molar-refractivity contribution in [1.82, 2.24) is 5.32 Å². The first-order valence-electron chi connectivity index (χ1n) is 9.45. The second kappa shape index (κ2) is 8.25. The lowest BCUT2D eigenvalue weighted by Crippen LogP contribution is -2.32. The van der Waals surface area contributed by atoms with Crippen molar-refractivity contribution in [2.75, 3.05) is 23.3 Å². The third kappa shape index (κ3) is 4.48. The number of aryl methyl sites for hydroxylation is 2. The molecule has 2 aromatic rings. The number of para-hydroxylation sites is 2. The molecule has 0 aliphatic carbocycles. The maximum absolute atomic E-state index is 12.4.